The minimum atomic E-state index is -4.41. The molecule has 4 nitrogen and oxygen atoms in total. The zero-order valence-electron chi connectivity index (χ0n) is 13.3. The topological polar surface area (TPSA) is 59.9 Å². The van der Waals surface area contributed by atoms with Gasteiger partial charge in [0.2, 0.25) is 0 Å². The highest BCUT2D eigenvalue weighted by atomic mass is 19.4. The lowest BCUT2D eigenvalue weighted by Crippen LogP contribution is -2.32. The SMILES string of the molecule is N#CC1NNNC1c1ccc(/C=C/c2cccc(C(F)(F)F)c2)cc1F. The van der Waals surface area contributed by atoms with Gasteiger partial charge >= 0.3 is 6.18 Å². The van der Waals surface area contributed by atoms with Crippen LogP contribution in [0.2, 0.25) is 0 Å². The van der Waals surface area contributed by atoms with Crippen LogP contribution in [0.3, 0.4) is 0 Å². The van der Waals surface area contributed by atoms with Crippen LogP contribution in [0.1, 0.15) is 28.3 Å². The zero-order valence-corrected chi connectivity index (χ0v) is 13.3. The summed E-state index contributed by atoms with van der Waals surface area (Å²) in [5, 5.41) is 9.03. The van der Waals surface area contributed by atoms with Gasteiger partial charge in [-0.15, -0.1) is 0 Å². The third-order valence-corrected chi connectivity index (χ3v) is 3.97. The Morgan fingerprint density at radius 1 is 1.00 bits per heavy atom. The molecule has 2 unspecified atom stereocenters. The average molecular weight is 362 g/mol. The Kier molecular flexibility index (Phi) is 5.04. The van der Waals surface area contributed by atoms with Crippen LogP contribution in [-0.4, -0.2) is 6.04 Å². The second kappa shape index (κ2) is 7.25. The molecule has 2 atom stereocenters. The molecule has 1 aliphatic heterocycles. The summed E-state index contributed by atoms with van der Waals surface area (Å²) in [5.41, 5.74) is 8.44. The Balaban J connectivity index is 1.80. The smallest absolute Gasteiger partial charge is 0.234 e. The molecule has 26 heavy (non-hydrogen) atoms. The van der Waals surface area contributed by atoms with Gasteiger partial charge in [0.1, 0.15) is 11.9 Å². The monoisotopic (exact) mass is 362 g/mol. The number of nitrogens with zero attached hydrogens (tertiary/aromatic N) is 1. The standard InChI is InChI=1S/C18H14F4N4/c19-15-9-12(6-7-14(15)17-16(10-23)24-26-25-17)5-4-11-2-1-3-13(8-11)18(20,21)22/h1-9,16-17,24-26H/b5-4+. The minimum Gasteiger partial charge on any atom is -0.234 e. The highest BCUT2D eigenvalue weighted by molar-refractivity contribution is 5.70. The summed E-state index contributed by atoms with van der Waals surface area (Å²) in [7, 11) is 0. The quantitative estimate of drug-likeness (QED) is 0.577. The second-order valence-electron chi connectivity index (χ2n) is 5.74. The molecule has 2 aromatic rings. The van der Waals surface area contributed by atoms with Crippen LogP contribution in [0.15, 0.2) is 42.5 Å². The van der Waals surface area contributed by atoms with Crippen molar-refractivity contribution >= 4 is 12.2 Å². The van der Waals surface area contributed by atoms with Gasteiger partial charge in [0.25, 0.3) is 0 Å². The lowest BCUT2D eigenvalue weighted by atomic mass is 9.99. The third-order valence-electron chi connectivity index (χ3n) is 3.97. The van der Waals surface area contributed by atoms with Crippen LogP contribution in [0.5, 0.6) is 0 Å². The molecule has 8 heteroatoms. The number of halogens is 4. The number of hydrazine groups is 2. The van der Waals surface area contributed by atoms with Gasteiger partial charge in [0, 0.05) is 5.56 Å². The number of nitrogens with one attached hydrogen (secondary N) is 3. The lowest BCUT2D eigenvalue weighted by Gasteiger charge is -2.13. The van der Waals surface area contributed by atoms with Crippen LogP contribution >= 0.6 is 0 Å². The average Bonchev–Trinajstić information content (AvgIpc) is 3.08. The van der Waals surface area contributed by atoms with E-state index in [1.807, 2.05) is 6.07 Å². The van der Waals surface area contributed by atoms with Gasteiger partial charge in [-0.05, 0) is 29.3 Å². The third kappa shape index (κ3) is 3.91. The van der Waals surface area contributed by atoms with Crippen molar-refractivity contribution in [2.75, 3.05) is 0 Å². The summed E-state index contributed by atoms with van der Waals surface area (Å²) in [6, 6.07) is 10.1. The van der Waals surface area contributed by atoms with E-state index < -0.39 is 29.6 Å². The Bertz CT molecular complexity index is 870. The molecule has 0 amide bonds. The van der Waals surface area contributed by atoms with Crippen molar-refractivity contribution in [1.29, 1.82) is 5.26 Å². The van der Waals surface area contributed by atoms with E-state index in [2.05, 4.69) is 16.4 Å². The summed E-state index contributed by atoms with van der Waals surface area (Å²) in [4.78, 5) is 0. The van der Waals surface area contributed by atoms with E-state index in [0.717, 1.165) is 12.1 Å². The maximum absolute atomic E-state index is 14.4. The van der Waals surface area contributed by atoms with Crippen molar-refractivity contribution in [1.82, 2.24) is 16.4 Å². The van der Waals surface area contributed by atoms with Gasteiger partial charge in [-0.1, -0.05) is 36.4 Å². The Hall–Kier alpha value is -2.73. The van der Waals surface area contributed by atoms with Crippen molar-refractivity contribution in [2.45, 2.75) is 18.3 Å². The molecule has 134 valence electrons. The molecular weight excluding hydrogens is 348 g/mol. The predicted molar refractivity (Wildman–Crippen MR) is 88.3 cm³/mol. The maximum Gasteiger partial charge on any atom is 0.416 e. The van der Waals surface area contributed by atoms with Gasteiger partial charge in [-0.2, -0.15) is 24.0 Å². The normalized spacial score (nSPS) is 20.4. The highest BCUT2D eigenvalue weighted by Gasteiger charge is 2.30. The highest BCUT2D eigenvalue weighted by Crippen LogP contribution is 2.30. The summed E-state index contributed by atoms with van der Waals surface area (Å²) >= 11 is 0. The molecule has 0 spiro atoms. The van der Waals surface area contributed by atoms with Crippen LogP contribution in [0.4, 0.5) is 17.6 Å². The van der Waals surface area contributed by atoms with Crippen LogP contribution in [-0.2, 0) is 6.18 Å². The van der Waals surface area contributed by atoms with Crippen molar-refractivity contribution < 1.29 is 17.6 Å². The number of hydrogen-bond acceptors (Lipinski definition) is 4. The predicted octanol–water partition coefficient (Wildman–Crippen LogP) is 3.56. The van der Waals surface area contributed by atoms with E-state index in [1.54, 1.807) is 6.07 Å². The molecule has 0 radical (unpaired) electrons. The van der Waals surface area contributed by atoms with Crippen molar-refractivity contribution in [3.63, 3.8) is 0 Å². The van der Waals surface area contributed by atoms with E-state index in [9.17, 15) is 17.6 Å². The summed E-state index contributed by atoms with van der Waals surface area (Å²) in [6.45, 7) is 0. The van der Waals surface area contributed by atoms with Gasteiger partial charge in [-0.3, -0.25) is 0 Å². The molecule has 2 aromatic carbocycles. The number of hydrogen-bond donors (Lipinski definition) is 3. The molecule has 1 fully saturated rings. The fraction of sp³-hybridized carbons (Fsp3) is 0.167. The number of rotatable bonds is 3. The van der Waals surface area contributed by atoms with Gasteiger partial charge in [-0.25, -0.2) is 15.2 Å². The molecule has 1 aliphatic rings. The van der Waals surface area contributed by atoms with Crippen LogP contribution in [0.25, 0.3) is 12.2 Å². The Morgan fingerprint density at radius 2 is 1.73 bits per heavy atom. The van der Waals surface area contributed by atoms with Crippen molar-refractivity contribution in [2.24, 2.45) is 0 Å². The van der Waals surface area contributed by atoms with Crippen molar-refractivity contribution in [3.8, 4) is 6.07 Å². The summed E-state index contributed by atoms with van der Waals surface area (Å²) in [6.07, 6.45) is -1.40. The van der Waals surface area contributed by atoms with E-state index in [4.69, 9.17) is 5.26 Å². The first-order valence-electron chi connectivity index (χ1n) is 7.69. The fourth-order valence-corrected chi connectivity index (χ4v) is 2.64. The first-order valence-corrected chi connectivity index (χ1v) is 7.69. The zero-order chi connectivity index (χ0) is 18.7. The number of nitriles is 1. The number of alkyl halides is 3. The molecule has 0 aromatic heterocycles. The fourth-order valence-electron chi connectivity index (χ4n) is 2.64. The molecule has 3 N–H and O–H groups in total. The largest absolute Gasteiger partial charge is 0.416 e. The van der Waals surface area contributed by atoms with E-state index in [0.29, 0.717) is 16.7 Å². The van der Waals surface area contributed by atoms with Gasteiger partial charge in [0.15, 0.2) is 0 Å². The van der Waals surface area contributed by atoms with E-state index in [-0.39, 0.29) is 0 Å². The molecule has 0 aliphatic carbocycles. The van der Waals surface area contributed by atoms with Crippen molar-refractivity contribution in [3.05, 3.63) is 70.5 Å². The van der Waals surface area contributed by atoms with E-state index in [1.165, 1.54) is 36.4 Å². The van der Waals surface area contributed by atoms with E-state index >= 15 is 0 Å². The summed E-state index contributed by atoms with van der Waals surface area (Å²) < 4.78 is 52.5. The lowest BCUT2D eigenvalue weighted by molar-refractivity contribution is -0.137. The molecule has 1 saturated heterocycles. The van der Waals surface area contributed by atoms with Gasteiger partial charge < -0.3 is 0 Å². The number of benzene rings is 2. The minimum absolute atomic E-state index is 0.310. The molecular formula is C18H14F4N4. The van der Waals surface area contributed by atoms with Crippen LogP contribution in [0, 0.1) is 17.1 Å². The van der Waals surface area contributed by atoms with Crippen LogP contribution < -0.4 is 16.4 Å². The summed E-state index contributed by atoms with van der Waals surface area (Å²) in [5.74, 6) is -0.514. The Labute approximate surface area is 147 Å². The molecule has 1 heterocycles. The Morgan fingerprint density at radius 3 is 2.38 bits per heavy atom. The second-order valence-corrected chi connectivity index (χ2v) is 5.74. The molecule has 0 bridgehead atoms. The molecule has 0 saturated carbocycles. The van der Waals surface area contributed by atoms with Gasteiger partial charge in [0.05, 0.1) is 17.7 Å². The first-order chi connectivity index (χ1) is 12.4. The molecule has 3 rings (SSSR count). The first kappa shape index (κ1) is 18.1. The maximum atomic E-state index is 14.4.